The Morgan fingerprint density at radius 1 is 1.69 bits per heavy atom. The smallest absolute Gasteiger partial charge is 0.255 e. The van der Waals surface area contributed by atoms with Gasteiger partial charge in [0, 0.05) is 11.4 Å². The van der Waals surface area contributed by atoms with Gasteiger partial charge in [-0.2, -0.15) is 0 Å². The van der Waals surface area contributed by atoms with Gasteiger partial charge in [-0.25, -0.2) is 0 Å². The molecule has 0 aromatic carbocycles. The molecule has 6 heteroatoms. The Balaban J connectivity index is 2.87. The zero-order valence-electron chi connectivity index (χ0n) is 9.07. The first kappa shape index (κ1) is 13.9. The van der Waals surface area contributed by atoms with Crippen molar-refractivity contribution in [2.45, 2.75) is 19.9 Å². The van der Waals surface area contributed by atoms with Crippen LogP contribution in [-0.4, -0.2) is 28.4 Å². The molecule has 1 aromatic heterocycles. The number of thiophene rings is 1. The Hall–Kier alpha value is -0.210. The van der Waals surface area contributed by atoms with Gasteiger partial charge in [0.2, 0.25) is 0 Å². The van der Waals surface area contributed by atoms with E-state index in [0.717, 1.165) is 2.88 Å². The van der Waals surface area contributed by atoms with Crippen LogP contribution < -0.4 is 5.73 Å². The number of carbonyl (C=O) groups is 1. The molecule has 0 aliphatic heterocycles. The highest BCUT2D eigenvalue weighted by molar-refractivity contribution is 14.1. The Labute approximate surface area is 118 Å². The van der Waals surface area contributed by atoms with Gasteiger partial charge in [0.25, 0.3) is 5.91 Å². The van der Waals surface area contributed by atoms with Gasteiger partial charge in [-0.3, -0.25) is 4.79 Å². The van der Waals surface area contributed by atoms with Crippen molar-refractivity contribution in [2.75, 3.05) is 6.54 Å². The number of hydrogen-bond donors (Lipinski definition) is 1. The van der Waals surface area contributed by atoms with E-state index in [-0.39, 0.29) is 11.9 Å². The highest BCUT2D eigenvalue weighted by Crippen LogP contribution is 2.18. The summed E-state index contributed by atoms with van der Waals surface area (Å²) >= 11 is 8.60. The van der Waals surface area contributed by atoms with Crippen molar-refractivity contribution >= 4 is 57.0 Å². The molecule has 2 N–H and O–H groups in total. The first-order valence-electron chi connectivity index (χ1n) is 4.75. The van der Waals surface area contributed by atoms with Gasteiger partial charge in [0.15, 0.2) is 0 Å². The van der Waals surface area contributed by atoms with Crippen LogP contribution in [0.5, 0.6) is 0 Å². The minimum Gasteiger partial charge on any atom is -0.392 e. The fourth-order valence-corrected chi connectivity index (χ4v) is 2.70. The Morgan fingerprint density at radius 2 is 2.31 bits per heavy atom. The summed E-state index contributed by atoms with van der Waals surface area (Å²) in [6.07, 6.45) is 0. The second-order valence-corrected chi connectivity index (χ2v) is 6.96. The van der Waals surface area contributed by atoms with E-state index < -0.39 is 0 Å². The van der Waals surface area contributed by atoms with Crippen molar-refractivity contribution in [2.24, 2.45) is 5.73 Å². The highest BCUT2D eigenvalue weighted by atomic mass is 127. The van der Waals surface area contributed by atoms with Crippen molar-refractivity contribution in [3.05, 3.63) is 19.9 Å². The Morgan fingerprint density at radius 3 is 2.69 bits per heavy atom. The van der Waals surface area contributed by atoms with Crippen molar-refractivity contribution in [3.63, 3.8) is 0 Å². The first-order chi connectivity index (χ1) is 7.41. The lowest BCUT2D eigenvalue weighted by Gasteiger charge is -2.25. The number of halogens is 1. The second-order valence-electron chi connectivity index (χ2n) is 3.63. The Bertz CT molecular complexity index is 403. The molecule has 0 unspecified atom stereocenters. The molecule has 1 heterocycles. The first-order valence-corrected chi connectivity index (χ1v) is 7.11. The number of rotatable bonds is 4. The van der Waals surface area contributed by atoms with Crippen LogP contribution in [-0.2, 0) is 0 Å². The molecule has 0 atom stereocenters. The third kappa shape index (κ3) is 3.67. The topological polar surface area (TPSA) is 46.3 Å². The third-order valence-electron chi connectivity index (χ3n) is 2.02. The third-order valence-corrected chi connectivity index (χ3v) is 3.94. The zero-order valence-corrected chi connectivity index (χ0v) is 12.9. The normalized spacial score (nSPS) is 10.5. The molecule has 3 nitrogen and oxygen atoms in total. The van der Waals surface area contributed by atoms with Gasteiger partial charge >= 0.3 is 0 Å². The average Bonchev–Trinajstić information content (AvgIpc) is 2.59. The van der Waals surface area contributed by atoms with Crippen LogP contribution >= 0.6 is 46.1 Å². The summed E-state index contributed by atoms with van der Waals surface area (Å²) in [6, 6.07) is 1.97. The summed E-state index contributed by atoms with van der Waals surface area (Å²) in [5.41, 5.74) is 6.20. The predicted molar refractivity (Wildman–Crippen MR) is 80.0 cm³/mol. The van der Waals surface area contributed by atoms with Gasteiger partial charge in [0.1, 0.15) is 0 Å². The standard InChI is InChI=1S/C10H13IN2OS2/c1-6(2)13(4-9(12)15)10(14)7-3-8(11)16-5-7/h3,5-6H,4H2,1-2H3,(H2,12,15). The van der Waals surface area contributed by atoms with Gasteiger partial charge in [-0.1, -0.05) is 12.2 Å². The monoisotopic (exact) mass is 368 g/mol. The van der Waals surface area contributed by atoms with Crippen LogP contribution in [0.15, 0.2) is 11.4 Å². The highest BCUT2D eigenvalue weighted by Gasteiger charge is 2.20. The van der Waals surface area contributed by atoms with E-state index in [1.165, 1.54) is 0 Å². The predicted octanol–water partition coefficient (Wildman–Crippen LogP) is 2.49. The summed E-state index contributed by atoms with van der Waals surface area (Å²) in [4.78, 5) is 14.2. The van der Waals surface area contributed by atoms with E-state index >= 15 is 0 Å². The van der Waals surface area contributed by atoms with Gasteiger partial charge < -0.3 is 10.6 Å². The molecule has 0 saturated heterocycles. The number of nitrogens with two attached hydrogens (primary N) is 1. The van der Waals surface area contributed by atoms with E-state index in [1.54, 1.807) is 16.2 Å². The lowest BCUT2D eigenvalue weighted by molar-refractivity contribution is 0.0736. The largest absolute Gasteiger partial charge is 0.392 e. The zero-order chi connectivity index (χ0) is 12.3. The maximum absolute atomic E-state index is 12.1. The summed E-state index contributed by atoms with van der Waals surface area (Å²) in [5, 5.41) is 1.86. The second kappa shape index (κ2) is 5.92. The van der Waals surface area contributed by atoms with Crippen molar-refractivity contribution in [1.29, 1.82) is 0 Å². The molecule has 0 spiro atoms. The molecule has 88 valence electrons. The molecule has 1 rings (SSSR count). The molecule has 0 bridgehead atoms. The number of thiocarbonyl (C=S) groups is 1. The molecule has 0 fully saturated rings. The molecule has 0 saturated carbocycles. The number of amides is 1. The molecule has 0 aliphatic rings. The van der Waals surface area contributed by atoms with Crippen LogP contribution in [0.3, 0.4) is 0 Å². The van der Waals surface area contributed by atoms with Crippen molar-refractivity contribution in [1.82, 2.24) is 4.90 Å². The fraction of sp³-hybridized carbons (Fsp3) is 0.400. The summed E-state index contributed by atoms with van der Waals surface area (Å²) < 4.78 is 1.10. The Kier molecular flexibility index (Phi) is 5.13. The molecule has 1 aromatic rings. The minimum atomic E-state index is -0.0121. The average molecular weight is 368 g/mol. The van der Waals surface area contributed by atoms with Gasteiger partial charge in [-0.15, -0.1) is 11.3 Å². The van der Waals surface area contributed by atoms with Crippen LogP contribution in [0.1, 0.15) is 24.2 Å². The van der Waals surface area contributed by atoms with E-state index in [9.17, 15) is 4.79 Å². The van der Waals surface area contributed by atoms with Crippen LogP contribution in [0, 0.1) is 2.88 Å². The van der Waals surface area contributed by atoms with Crippen LogP contribution in [0.2, 0.25) is 0 Å². The van der Waals surface area contributed by atoms with E-state index in [4.69, 9.17) is 18.0 Å². The number of nitrogens with zero attached hydrogens (tertiary/aromatic N) is 1. The van der Waals surface area contributed by atoms with Gasteiger partial charge in [-0.05, 0) is 42.5 Å². The van der Waals surface area contributed by atoms with E-state index in [0.29, 0.717) is 17.1 Å². The molecule has 16 heavy (non-hydrogen) atoms. The van der Waals surface area contributed by atoms with Crippen molar-refractivity contribution in [3.8, 4) is 0 Å². The van der Waals surface area contributed by atoms with E-state index in [2.05, 4.69) is 22.6 Å². The maximum Gasteiger partial charge on any atom is 0.255 e. The minimum absolute atomic E-state index is 0.0121. The summed E-state index contributed by atoms with van der Waals surface area (Å²) in [5.74, 6) is -0.0121. The lowest BCUT2D eigenvalue weighted by Crippen LogP contribution is -2.42. The van der Waals surface area contributed by atoms with Crippen LogP contribution in [0.4, 0.5) is 0 Å². The molecule has 0 radical (unpaired) electrons. The quantitative estimate of drug-likeness (QED) is 0.656. The number of carbonyl (C=O) groups excluding carboxylic acids is 1. The van der Waals surface area contributed by atoms with E-state index in [1.807, 2.05) is 25.3 Å². The molecular formula is C10H13IN2OS2. The molecular weight excluding hydrogens is 355 g/mol. The summed E-state index contributed by atoms with van der Waals surface area (Å²) in [7, 11) is 0. The van der Waals surface area contributed by atoms with Crippen molar-refractivity contribution < 1.29 is 4.79 Å². The maximum atomic E-state index is 12.1. The molecule has 0 aliphatic carbocycles. The summed E-state index contributed by atoms with van der Waals surface area (Å²) in [6.45, 7) is 4.24. The van der Waals surface area contributed by atoms with Crippen LogP contribution in [0.25, 0.3) is 0 Å². The lowest BCUT2D eigenvalue weighted by atomic mass is 10.2. The fourth-order valence-electron chi connectivity index (χ4n) is 1.24. The SMILES string of the molecule is CC(C)N(CC(N)=S)C(=O)c1csc(I)c1. The van der Waals surface area contributed by atoms with Gasteiger partial charge in [0.05, 0.1) is 20.0 Å². The molecule has 1 amide bonds. The number of hydrogen-bond acceptors (Lipinski definition) is 3.